The predicted octanol–water partition coefficient (Wildman–Crippen LogP) is 0.790. The van der Waals surface area contributed by atoms with Crippen LogP contribution in [0.1, 0.15) is 17.0 Å². The number of aryl methyl sites for hydroxylation is 2. The van der Waals surface area contributed by atoms with E-state index in [0.717, 1.165) is 61.8 Å². The Morgan fingerprint density at radius 3 is 2.48 bits per heavy atom. The fourth-order valence-electron chi connectivity index (χ4n) is 3.93. The minimum absolute atomic E-state index is 0.723. The molecule has 0 aromatic carbocycles. The molecule has 2 unspecified atom stereocenters. The lowest BCUT2D eigenvalue weighted by Gasteiger charge is -2.23. The van der Waals surface area contributed by atoms with Crippen LogP contribution >= 0.6 is 0 Å². The number of rotatable bonds is 3. The average Bonchev–Trinajstić information content (AvgIpc) is 3.17. The van der Waals surface area contributed by atoms with E-state index in [1.54, 1.807) is 11.1 Å². The van der Waals surface area contributed by atoms with Crippen LogP contribution in [0.25, 0.3) is 0 Å². The Hall–Kier alpha value is -2.02. The Morgan fingerprint density at radius 2 is 1.83 bits per heavy atom. The number of nitrogens with zero attached hydrogens (tertiary/aromatic N) is 7. The number of anilines is 1. The van der Waals surface area contributed by atoms with E-state index in [4.69, 9.17) is 0 Å². The molecule has 0 bridgehead atoms. The van der Waals surface area contributed by atoms with Crippen molar-refractivity contribution in [2.45, 2.75) is 20.4 Å². The molecule has 0 aliphatic carbocycles. The van der Waals surface area contributed by atoms with E-state index in [1.165, 1.54) is 5.56 Å². The first kappa shape index (κ1) is 14.6. The molecule has 2 aromatic rings. The summed E-state index contributed by atoms with van der Waals surface area (Å²) in [4.78, 5) is 15.4. The molecule has 2 fully saturated rings. The number of aromatic nitrogens is 5. The second-order valence-corrected chi connectivity index (χ2v) is 6.85. The van der Waals surface area contributed by atoms with E-state index in [-0.39, 0.29) is 0 Å². The first-order valence-corrected chi connectivity index (χ1v) is 8.21. The molecule has 7 heteroatoms. The Bertz CT molecular complexity index is 696. The fraction of sp³-hybridized carbons (Fsp3) is 0.625. The van der Waals surface area contributed by atoms with Crippen molar-refractivity contribution in [3.63, 3.8) is 0 Å². The van der Waals surface area contributed by atoms with Gasteiger partial charge in [-0.3, -0.25) is 4.90 Å². The Labute approximate surface area is 136 Å². The van der Waals surface area contributed by atoms with Crippen molar-refractivity contribution in [1.82, 2.24) is 29.9 Å². The molecule has 23 heavy (non-hydrogen) atoms. The average molecular weight is 313 g/mol. The fourth-order valence-corrected chi connectivity index (χ4v) is 3.93. The topological polar surface area (TPSA) is 63.0 Å². The van der Waals surface area contributed by atoms with E-state index >= 15 is 0 Å². The SMILES string of the molecule is Cc1ncnc(N2CC3CN(Cc4cnn(C)n4)CC3C2)c1C. The predicted molar refractivity (Wildman–Crippen MR) is 87.0 cm³/mol. The first-order valence-electron chi connectivity index (χ1n) is 8.21. The van der Waals surface area contributed by atoms with E-state index in [1.807, 2.05) is 13.2 Å². The van der Waals surface area contributed by atoms with Gasteiger partial charge in [-0.25, -0.2) is 9.97 Å². The summed E-state index contributed by atoms with van der Waals surface area (Å²) < 4.78 is 0. The second kappa shape index (κ2) is 5.56. The van der Waals surface area contributed by atoms with Gasteiger partial charge in [0, 0.05) is 51.0 Å². The third-order valence-electron chi connectivity index (χ3n) is 5.20. The molecule has 7 nitrogen and oxygen atoms in total. The molecular formula is C16H23N7. The van der Waals surface area contributed by atoms with Crippen molar-refractivity contribution in [3.05, 3.63) is 29.5 Å². The lowest BCUT2D eigenvalue weighted by molar-refractivity contribution is 0.304. The Morgan fingerprint density at radius 1 is 1.09 bits per heavy atom. The maximum absolute atomic E-state index is 4.52. The van der Waals surface area contributed by atoms with Gasteiger partial charge >= 0.3 is 0 Å². The van der Waals surface area contributed by atoms with Crippen molar-refractivity contribution < 1.29 is 0 Å². The van der Waals surface area contributed by atoms with Gasteiger partial charge in [-0.2, -0.15) is 15.0 Å². The van der Waals surface area contributed by atoms with Crippen LogP contribution in [-0.2, 0) is 13.6 Å². The second-order valence-electron chi connectivity index (χ2n) is 6.85. The highest BCUT2D eigenvalue weighted by Crippen LogP contribution is 2.34. The molecule has 4 rings (SSSR count). The first-order chi connectivity index (χ1) is 11.1. The molecule has 0 spiro atoms. The van der Waals surface area contributed by atoms with Gasteiger partial charge in [0.1, 0.15) is 12.1 Å². The summed E-state index contributed by atoms with van der Waals surface area (Å²) in [7, 11) is 1.87. The third kappa shape index (κ3) is 2.69. The van der Waals surface area contributed by atoms with Crippen LogP contribution in [0.4, 0.5) is 5.82 Å². The Balaban J connectivity index is 1.41. The monoisotopic (exact) mass is 313 g/mol. The van der Waals surface area contributed by atoms with Crippen LogP contribution in [0, 0.1) is 25.7 Å². The van der Waals surface area contributed by atoms with Gasteiger partial charge in [-0.05, 0) is 25.7 Å². The van der Waals surface area contributed by atoms with Gasteiger partial charge in [0.25, 0.3) is 0 Å². The number of fused-ring (bicyclic) bond motifs is 1. The zero-order valence-electron chi connectivity index (χ0n) is 14.0. The minimum atomic E-state index is 0.723. The van der Waals surface area contributed by atoms with Gasteiger partial charge in [0.05, 0.1) is 11.9 Å². The van der Waals surface area contributed by atoms with E-state index < -0.39 is 0 Å². The van der Waals surface area contributed by atoms with Crippen molar-refractivity contribution in [2.75, 3.05) is 31.1 Å². The van der Waals surface area contributed by atoms with Crippen LogP contribution in [-0.4, -0.2) is 56.0 Å². The van der Waals surface area contributed by atoms with Crippen LogP contribution in [0.3, 0.4) is 0 Å². The Kier molecular flexibility index (Phi) is 3.52. The van der Waals surface area contributed by atoms with Crippen molar-refractivity contribution in [1.29, 1.82) is 0 Å². The molecule has 2 aliphatic rings. The standard InChI is InChI=1S/C16H23N7/c1-11-12(2)17-10-18-16(11)23-7-13-5-22(6-14(13)8-23)9-15-4-19-21(3)20-15/h4,10,13-14H,5-9H2,1-3H3. The van der Waals surface area contributed by atoms with Gasteiger partial charge < -0.3 is 4.90 Å². The maximum Gasteiger partial charge on any atom is 0.135 e. The lowest BCUT2D eigenvalue weighted by atomic mass is 10.0. The number of hydrogen-bond acceptors (Lipinski definition) is 6. The smallest absolute Gasteiger partial charge is 0.135 e. The third-order valence-corrected chi connectivity index (χ3v) is 5.20. The molecule has 122 valence electrons. The van der Waals surface area contributed by atoms with Crippen molar-refractivity contribution in [3.8, 4) is 0 Å². The summed E-state index contributed by atoms with van der Waals surface area (Å²) >= 11 is 0. The highest BCUT2D eigenvalue weighted by molar-refractivity contribution is 5.48. The summed E-state index contributed by atoms with van der Waals surface area (Å²) in [6.07, 6.45) is 3.56. The molecule has 0 radical (unpaired) electrons. The van der Waals surface area contributed by atoms with E-state index in [9.17, 15) is 0 Å². The molecule has 2 saturated heterocycles. The zero-order valence-corrected chi connectivity index (χ0v) is 14.0. The molecule has 2 aromatic heterocycles. The summed E-state index contributed by atoms with van der Waals surface area (Å²) in [5, 5.41) is 8.55. The summed E-state index contributed by atoms with van der Waals surface area (Å²) in [5.41, 5.74) is 3.35. The summed E-state index contributed by atoms with van der Waals surface area (Å²) in [5.74, 6) is 2.56. The van der Waals surface area contributed by atoms with Crippen LogP contribution in [0.2, 0.25) is 0 Å². The maximum atomic E-state index is 4.52. The molecule has 0 saturated carbocycles. The molecule has 2 atom stereocenters. The summed E-state index contributed by atoms with van der Waals surface area (Å²) in [6, 6.07) is 0. The van der Waals surface area contributed by atoms with Gasteiger partial charge in [0.15, 0.2) is 0 Å². The molecule has 0 N–H and O–H groups in total. The van der Waals surface area contributed by atoms with Gasteiger partial charge in [-0.1, -0.05) is 0 Å². The van der Waals surface area contributed by atoms with E-state index in [0.29, 0.717) is 0 Å². The van der Waals surface area contributed by atoms with Crippen LogP contribution in [0.5, 0.6) is 0 Å². The van der Waals surface area contributed by atoms with Gasteiger partial charge in [0.2, 0.25) is 0 Å². The summed E-state index contributed by atoms with van der Waals surface area (Å²) in [6.45, 7) is 9.56. The van der Waals surface area contributed by atoms with Crippen LogP contribution in [0.15, 0.2) is 12.5 Å². The number of hydrogen-bond donors (Lipinski definition) is 0. The molecule has 2 aliphatic heterocycles. The quantitative estimate of drug-likeness (QED) is 0.835. The van der Waals surface area contributed by atoms with Crippen molar-refractivity contribution in [2.24, 2.45) is 18.9 Å². The van der Waals surface area contributed by atoms with Crippen LogP contribution < -0.4 is 4.90 Å². The molecule has 4 heterocycles. The molecule has 0 amide bonds. The minimum Gasteiger partial charge on any atom is -0.356 e. The van der Waals surface area contributed by atoms with Crippen molar-refractivity contribution >= 4 is 5.82 Å². The number of likely N-dealkylation sites (tertiary alicyclic amines) is 1. The highest BCUT2D eigenvalue weighted by atomic mass is 15.5. The zero-order chi connectivity index (χ0) is 16.0. The normalized spacial score (nSPS) is 24.4. The molecular weight excluding hydrogens is 290 g/mol. The van der Waals surface area contributed by atoms with Gasteiger partial charge in [-0.15, -0.1) is 0 Å². The lowest BCUT2D eigenvalue weighted by Crippen LogP contribution is -2.29. The van der Waals surface area contributed by atoms with E-state index in [2.05, 4.69) is 43.8 Å². The largest absolute Gasteiger partial charge is 0.356 e. The highest BCUT2D eigenvalue weighted by Gasteiger charge is 2.40.